The molecule has 0 radical (unpaired) electrons. The normalized spacial score (nSPS) is 12.7. The highest BCUT2D eigenvalue weighted by Crippen LogP contribution is 2.07. The minimum absolute atomic E-state index is 0.0505. The summed E-state index contributed by atoms with van der Waals surface area (Å²) in [6.45, 7) is 11.3. The van der Waals surface area contributed by atoms with Gasteiger partial charge in [-0.3, -0.25) is 9.69 Å². The molecule has 0 aliphatic heterocycles. The Labute approximate surface area is 126 Å². The van der Waals surface area contributed by atoms with E-state index in [4.69, 9.17) is 0 Å². The topological polar surface area (TPSA) is 32.3 Å². The maximum absolute atomic E-state index is 12.2. The number of hydrogen-bond donors (Lipinski definition) is 1. The van der Waals surface area contributed by atoms with Gasteiger partial charge in [0.1, 0.15) is 0 Å². The first-order chi connectivity index (χ1) is 9.71. The van der Waals surface area contributed by atoms with Gasteiger partial charge in [0.05, 0.1) is 6.04 Å². The Morgan fingerprint density at radius 2 is 1.45 bits per heavy atom. The van der Waals surface area contributed by atoms with Gasteiger partial charge >= 0.3 is 0 Å². The van der Waals surface area contributed by atoms with E-state index in [9.17, 15) is 4.79 Å². The monoisotopic (exact) mass is 284 g/mol. The first kappa shape index (κ1) is 19.4. The van der Waals surface area contributed by atoms with E-state index >= 15 is 0 Å². The van der Waals surface area contributed by atoms with Gasteiger partial charge in [-0.15, -0.1) is 0 Å². The number of rotatable bonds is 13. The molecular weight excluding hydrogens is 248 g/mol. The Hall–Kier alpha value is -0.570. The molecule has 0 aliphatic carbocycles. The molecule has 0 aliphatic rings. The van der Waals surface area contributed by atoms with E-state index < -0.39 is 0 Å². The second-order valence-corrected chi connectivity index (χ2v) is 5.56. The molecule has 0 saturated heterocycles. The third kappa shape index (κ3) is 8.57. The zero-order chi connectivity index (χ0) is 15.2. The highest BCUT2D eigenvalue weighted by molar-refractivity contribution is 5.81. The molecule has 0 spiro atoms. The molecule has 1 amide bonds. The minimum Gasteiger partial charge on any atom is -0.355 e. The SMILES string of the molecule is CCCCCCCCCNC(=O)C(CC)N(CC)CC. The molecule has 20 heavy (non-hydrogen) atoms. The number of carbonyl (C=O) groups excluding carboxylic acids is 1. The molecule has 0 fully saturated rings. The smallest absolute Gasteiger partial charge is 0.237 e. The van der Waals surface area contributed by atoms with Gasteiger partial charge in [-0.05, 0) is 25.9 Å². The molecule has 0 rings (SSSR count). The number of carbonyl (C=O) groups is 1. The third-order valence-corrected chi connectivity index (χ3v) is 4.02. The van der Waals surface area contributed by atoms with Crippen molar-refractivity contribution >= 4 is 5.91 Å². The van der Waals surface area contributed by atoms with Crippen LogP contribution in [0.3, 0.4) is 0 Å². The van der Waals surface area contributed by atoms with Crippen molar-refractivity contribution in [3.63, 3.8) is 0 Å². The zero-order valence-electron chi connectivity index (χ0n) is 14.2. The molecular formula is C17H36N2O. The van der Waals surface area contributed by atoms with E-state index in [-0.39, 0.29) is 11.9 Å². The molecule has 0 aromatic carbocycles. The average molecular weight is 284 g/mol. The van der Waals surface area contributed by atoms with Crippen LogP contribution in [0.1, 0.15) is 79.1 Å². The lowest BCUT2D eigenvalue weighted by Crippen LogP contribution is -2.46. The Kier molecular flexibility index (Phi) is 13.0. The molecule has 0 heterocycles. The summed E-state index contributed by atoms with van der Waals surface area (Å²) in [6.07, 6.45) is 9.94. The number of amides is 1. The van der Waals surface area contributed by atoms with Gasteiger partial charge in [0, 0.05) is 6.54 Å². The van der Waals surface area contributed by atoms with E-state index in [1.165, 1.54) is 38.5 Å². The van der Waals surface area contributed by atoms with E-state index in [1.807, 2.05) is 0 Å². The molecule has 0 bridgehead atoms. The summed E-state index contributed by atoms with van der Waals surface area (Å²) in [6, 6.07) is 0.0505. The van der Waals surface area contributed by atoms with Crippen LogP contribution in [0.5, 0.6) is 0 Å². The van der Waals surface area contributed by atoms with Crippen LogP contribution in [-0.4, -0.2) is 36.5 Å². The summed E-state index contributed by atoms with van der Waals surface area (Å²) in [5, 5.41) is 3.10. The fourth-order valence-electron chi connectivity index (χ4n) is 2.69. The molecule has 0 aromatic heterocycles. The van der Waals surface area contributed by atoms with Crippen LogP contribution in [0, 0.1) is 0 Å². The molecule has 1 unspecified atom stereocenters. The Morgan fingerprint density at radius 3 is 1.95 bits per heavy atom. The summed E-state index contributed by atoms with van der Waals surface area (Å²) in [7, 11) is 0. The maximum Gasteiger partial charge on any atom is 0.237 e. The van der Waals surface area contributed by atoms with Gasteiger partial charge in [0.15, 0.2) is 0 Å². The van der Waals surface area contributed by atoms with Crippen molar-refractivity contribution in [2.24, 2.45) is 0 Å². The Bertz CT molecular complexity index is 227. The second-order valence-electron chi connectivity index (χ2n) is 5.56. The van der Waals surface area contributed by atoms with Crippen molar-refractivity contribution in [3.8, 4) is 0 Å². The second kappa shape index (κ2) is 13.4. The Balaban J connectivity index is 3.70. The standard InChI is InChI=1S/C17H36N2O/c1-5-9-10-11-12-13-14-15-18-17(20)16(6-2)19(7-3)8-4/h16H,5-15H2,1-4H3,(H,18,20). The minimum atomic E-state index is 0.0505. The number of nitrogens with one attached hydrogen (secondary N) is 1. The van der Waals surface area contributed by atoms with Crippen molar-refractivity contribution in [1.29, 1.82) is 0 Å². The maximum atomic E-state index is 12.2. The molecule has 3 heteroatoms. The molecule has 1 atom stereocenters. The van der Waals surface area contributed by atoms with Crippen LogP contribution in [0.25, 0.3) is 0 Å². The zero-order valence-corrected chi connectivity index (χ0v) is 14.2. The van der Waals surface area contributed by atoms with Crippen molar-refractivity contribution in [2.75, 3.05) is 19.6 Å². The van der Waals surface area contributed by atoms with Crippen LogP contribution in [0.15, 0.2) is 0 Å². The predicted molar refractivity (Wildman–Crippen MR) is 88.0 cm³/mol. The summed E-state index contributed by atoms with van der Waals surface area (Å²) in [5.41, 5.74) is 0. The number of hydrogen-bond acceptors (Lipinski definition) is 2. The third-order valence-electron chi connectivity index (χ3n) is 4.02. The van der Waals surface area contributed by atoms with Gasteiger partial charge < -0.3 is 5.32 Å². The quantitative estimate of drug-likeness (QED) is 0.519. The van der Waals surface area contributed by atoms with E-state index in [0.29, 0.717) is 0 Å². The lowest BCUT2D eigenvalue weighted by Gasteiger charge is -2.27. The lowest BCUT2D eigenvalue weighted by molar-refractivity contribution is -0.126. The van der Waals surface area contributed by atoms with E-state index in [0.717, 1.165) is 32.5 Å². The molecule has 0 saturated carbocycles. The lowest BCUT2D eigenvalue weighted by atomic mass is 10.1. The fourth-order valence-corrected chi connectivity index (χ4v) is 2.69. The van der Waals surface area contributed by atoms with Crippen molar-refractivity contribution in [3.05, 3.63) is 0 Å². The van der Waals surface area contributed by atoms with E-state index in [2.05, 4.69) is 37.9 Å². The van der Waals surface area contributed by atoms with Gasteiger partial charge in [0.25, 0.3) is 0 Å². The van der Waals surface area contributed by atoms with Crippen LogP contribution >= 0.6 is 0 Å². The highest BCUT2D eigenvalue weighted by atomic mass is 16.2. The van der Waals surface area contributed by atoms with Crippen molar-refractivity contribution in [2.45, 2.75) is 85.1 Å². The summed E-state index contributed by atoms with van der Waals surface area (Å²) < 4.78 is 0. The van der Waals surface area contributed by atoms with Gasteiger partial charge in [0.2, 0.25) is 5.91 Å². The summed E-state index contributed by atoms with van der Waals surface area (Å²) in [4.78, 5) is 14.4. The number of unbranched alkanes of at least 4 members (excludes halogenated alkanes) is 6. The largest absolute Gasteiger partial charge is 0.355 e. The molecule has 120 valence electrons. The van der Waals surface area contributed by atoms with Crippen LogP contribution in [0.2, 0.25) is 0 Å². The predicted octanol–water partition coefficient (Wildman–Crippen LogP) is 3.97. The van der Waals surface area contributed by atoms with E-state index in [1.54, 1.807) is 0 Å². The highest BCUT2D eigenvalue weighted by Gasteiger charge is 2.20. The first-order valence-electron chi connectivity index (χ1n) is 8.72. The number of nitrogens with zero attached hydrogens (tertiary/aromatic N) is 1. The molecule has 1 N–H and O–H groups in total. The van der Waals surface area contributed by atoms with Crippen LogP contribution in [-0.2, 0) is 4.79 Å². The average Bonchev–Trinajstić information content (AvgIpc) is 2.47. The number of likely N-dealkylation sites (N-methyl/N-ethyl adjacent to an activating group) is 1. The molecule has 0 aromatic rings. The van der Waals surface area contributed by atoms with Gasteiger partial charge in [-0.1, -0.05) is 66.2 Å². The first-order valence-corrected chi connectivity index (χ1v) is 8.72. The molecule has 3 nitrogen and oxygen atoms in total. The van der Waals surface area contributed by atoms with Crippen molar-refractivity contribution < 1.29 is 4.79 Å². The Morgan fingerprint density at radius 1 is 0.900 bits per heavy atom. The van der Waals surface area contributed by atoms with Crippen molar-refractivity contribution in [1.82, 2.24) is 10.2 Å². The van der Waals surface area contributed by atoms with Gasteiger partial charge in [-0.25, -0.2) is 0 Å². The van der Waals surface area contributed by atoms with Crippen LogP contribution < -0.4 is 5.32 Å². The summed E-state index contributed by atoms with van der Waals surface area (Å²) >= 11 is 0. The van der Waals surface area contributed by atoms with Crippen LogP contribution in [0.4, 0.5) is 0 Å². The fraction of sp³-hybridized carbons (Fsp3) is 0.941. The van der Waals surface area contributed by atoms with Gasteiger partial charge in [-0.2, -0.15) is 0 Å². The summed E-state index contributed by atoms with van der Waals surface area (Å²) in [5.74, 6) is 0.210.